The lowest BCUT2D eigenvalue weighted by molar-refractivity contribution is 0.0296. The minimum atomic E-state index is -3.52. The predicted octanol–water partition coefficient (Wildman–Crippen LogP) is 6.01. The van der Waals surface area contributed by atoms with Crippen molar-refractivity contribution in [3.63, 3.8) is 0 Å². The number of ether oxygens (including phenoxy) is 2. The zero-order chi connectivity index (χ0) is 22.9. The Labute approximate surface area is 189 Å². The lowest BCUT2D eigenvalue weighted by Gasteiger charge is -2.38. The molecule has 31 heavy (non-hydrogen) atoms. The molecule has 0 spiro atoms. The van der Waals surface area contributed by atoms with E-state index < -0.39 is 13.8 Å². The van der Waals surface area contributed by atoms with E-state index in [9.17, 15) is 9.36 Å². The van der Waals surface area contributed by atoms with E-state index in [1.165, 1.54) is 8.38 Å². The number of fused-ring (bicyclic) bond motifs is 1. The topological polar surface area (TPSA) is 77.5 Å². The van der Waals surface area contributed by atoms with Crippen LogP contribution in [0.15, 0.2) is 35.5 Å². The molecule has 0 saturated carbocycles. The van der Waals surface area contributed by atoms with Gasteiger partial charge in [0.05, 0.1) is 31.6 Å². The van der Waals surface area contributed by atoms with Gasteiger partial charge in [0.1, 0.15) is 0 Å². The first-order chi connectivity index (χ1) is 14.5. The number of carbonyl (C=O) groups excluding carboxylic acids is 1. The summed E-state index contributed by atoms with van der Waals surface area (Å²) in [5.41, 5.74) is 0.428. The van der Waals surface area contributed by atoms with Gasteiger partial charge >= 0.3 is 13.8 Å². The quantitative estimate of drug-likeness (QED) is 0.329. The molecule has 1 amide bonds. The molecule has 3 rings (SSSR count). The van der Waals surface area contributed by atoms with Crippen molar-refractivity contribution in [1.29, 1.82) is 0 Å². The van der Waals surface area contributed by atoms with E-state index in [2.05, 4.69) is 0 Å². The van der Waals surface area contributed by atoms with E-state index >= 15 is 0 Å². The molecule has 3 aliphatic rings. The minimum absolute atomic E-state index is 0.207. The van der Waals surface area contributed by atoms with Crippen molar-refractivity contribution in [3.05, 3.63) is 35.5 Å². The second-order valence-corrected chi connectivity index (χ2v) is 12.8. The number of carbonyl (C=O) groups is 1. The highest BCUT2D eigenvalue weighted by molar-refractivity contribution is 7.99. The summed E-state index contributed by atoms with van der Waals surface area (Å²) in [5.74, 6) is 1.09. The average Bonchev–Trinajstić information content (AvgIpc) is 2.97. The van der Waals surface area contributed by atoms with Crippen LogP contribution in [0.4, 0.5) is 4.79 Å². The van der Waals surface area contributed by atoms with Crippen LogP contribution in [-0.4, -0.2) is 41.3 Å². The molecule has 10 heteroatoms. The summed E-state index contributed by atoms with van der Waals surface area (Å²) >= 11 is 0.998. The van der Waals surface area contributed by atoms with Crippen molar-refractivity contribution in [2.24, 2.45) is 10.8 Å². The standard InChI is InChI=1S/C21H33N2O6PS/c1-7-8-11-23(30(25)27-14-20(2,3)15-28-30)31-22(6)19(24)29-18-17-16(10-9-12-26-17)13-21(18,4)5/h9-10,12H,7-8,11,13-15H2,1-6H3. The maximum absolute atomic E-state index is 13.4. The first kappa shape index (κ1) is 24.4. The summed E-state index contributed by atoms with van der Waals surface area (Å²) in [6, 6.07) is 0. The number of rotatable bonds is 7. The van der Waals surface area contributed by atoms with Gasteiger partial charge in [0, 0.05) is 24.4 Å². The van der Waals surface area contributed by atoms with Crippen molar-refractivity contribution < 1.29 is 27.9 Å². The van der Waals surface area contributed by atoms with Gasteiger partial charge in [-0.1, -0.05) is 47.1 Å². The molecule has 0 unspecified atom stereocenters. The lowest BCUT2D eigenvalue weighted by Crippen LogP contribution is -2.35. The van der Waals surface area contributed by atoms with Gasteiger partial charge in [-0.25, -0.2) is 13.7 Å². The summed E-state index contributed by atoms with van der Waals surface area (Å²) < 4.78 is 38.9. The van der Waals surface area contributed by atoms with Gasteiger partial charge in [-0.15, -0.1) is 4.08 Å². The molecule has 0 N–H and O–H groups in total. The highest BCUT2D eigenvalue weighted by Gasteiger charge is 2.44. The Balaban J connectivity index is 1.71. The van der Waals surface area contributed by atoms with Crippen LogP contribution in [0.2, 0.25) is 0 Å². The Bertz CT molecular complexity index is 837. The van der Waals surface area contributed by atoms with Crippen LogP contribution < -0.4 is 0 Å². The van der Waals surface area contributed by atoms with Crippen molar-refractivity contribution in [3.8, 4) is 0 Å². The number of hydrogen-bond donors (Lipinski definition) is 0. The molecule has 2 aliphatic heterocycles. The number of amides is 1. The summed E-state index contributed by atoms with van der Waals surface area (Å²) in [6.07, 6.45) is 7.21. The van der Waals surface area contributed by atoms with E-state index in [4.69, 9.17) is 18.5 Å². The predicted molar refractivity (Wildman–Crippen MR) is 120 cm³/mol. The Hall–Kier alpha value is -1.25. The maximum Gasteiger partial charge on any atom is 0.425 e. The van der Waals surface area contributed by atoms with E-state index in [0.717, 1.165) is 37.0 Å². The van der Waals surface area contributed by atoms with Crippen LogP contribution in [-0.2, 0) is 23.1 Å². The number of nitrogens with zero attached hydrogens (tertiary/aromatic N) is 2. The van der Waals surface area contributed by atoms with Crippen LogP contribution in [0.5, 0.6) is 0 Å². The fourth-order valence-electron chi connectivity index (χ4n) is 3.35. The third kappa shape index (κ3) is 5.57. The van der Waals surface area contributed by atoms with Gasteiger partial charge in [-0.05, 0) is 24.5 Å². The summed E-state index contributed by atoms with van der Waals surface area (Å²) in [6.45, 7) is 11.2. The van der Waals surface area contributed by atoms with Crippen LogP contribution in [0, 0.1) is 10.8 Å². The number of allylic oxidation sites excluding steroid dienone is 4. The van der Waals surface area contributed by atoms with E-state index in [0.29, 0.717) is 31.3 Å². The molecule has 0 aromatic carbocycles. The highest BCUT2D eigenvalue weighted by Crippen LogP contribution is 2.60. The van der Waals surface area contributed by atoms with Gasteiger partial charge in [0.25, 0.3) is 0 Å². The second-order valence-electron chi connectivity index (χ2n) is 9.41. The normalized spacial score (nSPS) is 23.3. The molecule has 174 valence electrons. The zero-order valence-electron chi connectivity index (χ0n) is 19.2. The SMILES string of the molecule is CCCCN(SN(C)C(=O)OC1=C2OC=CC=C2CC1(C)C)P1(=O)OCC(C)(C)CO1. The van der Waals surface area contributed by atoms with Gasteiger partial charge in [0.2, 0.25) is 0 Å². The molecule has 2 heterocycles. The second kappa shape index (κ2) is 9.32. The number of unbranched alkanes of at least 4 members (excludes halogenated alkanes) is 1. The van der Waals surface area contributed by atoms with Crippen LogP contribution in [0.25, 0.3) is 0 Å². The molecular weight excluding hydrogens is 439 g/mol. The Morgan fingerprint density at radius 1 is 1.26 bits per heavy atom. The molecule has 0 aromatic heterocycles. The highest BCUT2D eigenvalue weighted by atomic mass is 32.2. The molecule has 1 saturated heterocycles. The fraction of sp³-hybridized carbons (Fsp3) is 0.667. The molecule has 0 radical (unpaired) electrons. The summed E-state index contributed by atoms with van der Waals surface area (Å²) in [7, 11) is -1.94. The van der Waals surface area contributed by atoms with Crippen LogP contribution >= 0.6 is 19.9 Å². The zero-order valence-corrected chi connectivity index (χ0v) is 20.9. The van der Waals surface area contributed by atoms with Crippen molar-refractivity contribution in [1.82, 2.24) is 8.38 Å². The number of hydrogen-bond acceptors (Lipinski definition) is 7. The largest absolute Gasteiger partial charge is 0.461 e. The van der Waals surface area contributed by atoms with E-state index in [1.807, 2.05) is 46.8 Å². The molecule has 1 aliphatic carbocycles. The van der Waals surface area contributed by atoms with Gasteiger partial charge in [0.15, 0.2) is 11.5 Å². The third-order valence-corrected chi connectivity index (χ3v) is 8.42. The average molecular weight is 473 g/mol. The summed E-state index contributed by atoms with van der Waals surface area (Å²) in [4.78, 5) is 12.9. The lowest BCUT2D eigenvalue weighted by atomic mass is 9.90. The molecule has 0 atom stereocenters. The van der Waals surface area contributed by atoms with Crippen LogP contribution in [0.3, 0.4) is 0 Å². The van der Waals surface area contributed by atoms with Gasteiger partial charge in [-0.2, -0.15) is 0 Å². The molecule has 1 fully saturated rings. The van der Waals surface area contributed by atoms with Crippen LogP contribution in [0.1, 0.15) is 53.9 Å². The molecular formula is C21H33N2O6PS. The summed E-state index contributed by atoms with van der Waals surface area (Å²) in [5, 5.41) is 0. The fourth-order valence-corrected chi connectivity index (χ4v) is 6.66. The molecule has 0 bridgehead atoms. The molecule has 8 nitrogen and oxygen atoms in total. The minimum Gasteiger partial charge on any atom is -0.461 e. The molecule has 0 aromatic rings. The first-order valence-corrected chi connectivity index (χ1v) is 12.8. The Kier molecular flexibility index (Phi) is 7.33. The van der Waals surface area contributed by atoms with Gasteiger partial charge in [-0.3, -0.25) is 9.05 Å². The Morgan fingerprint density at radius 2 is 1.94 bits per heavy atom. The first-order valence-electron chi connectivity index (χ1n) is 10.6. The van der Waals surface area contributed by atoms with Gasteiger partial charge < -0.3 is 9.47 Å². The van der Waals surface area contributed by atoms with E-state index in [1.54, 1.807) is 13.3 Å². The third-order valence-electron chi connectivity index (χ3n) is 5.18. The van der Waals surface area contributed by atoms with Crippen molar-refractivity contribution in [2.75, 3.05) is 26.8 Å². The van der Waals surface area contributed by atoms with Crippen molar-refractivity contribution >= 4 is 26.0 Å². The Morgan fingerprint density at radius 3 is 2.58 bits per heavy atom. The smallest absolute Gasteiger partial charge is 0.425 e. The maximum atomic E-state index is 13.4. The van der Waals surface area contributed by atoms with Crippen molar-refractivity contribution in [2.45, 2.75) is 53.9 Å². The monoisotopic (exact) mass is 472 g/mol. The van der Waals surface area contributed by atoms with E-state index in [-0.39, 0.29) is 10.8 Å².